The Morgan fingerprint density at radius 3 is 2.77 bits per heavy atom. The van der Waals surface area contributed by atoms with Crippen molar-refractivity contribution in [3.63, 3.8) is 0 Å². The van der Waals surface area contributed by atoms with Gasteiger partial charge in [0.05, 0.1) is 11.8 Å². The molecule has 0 saturated heterocycles. The van der Waals surface area contributed by atoms with Crippen LogP contribution in [0, 0.1) is 0 Å². The second-order valence-electron chi connectivity index (χ2n) is 3.32. The predicted molar refractivity (Wildman–Crippen MR) is 56.8 cm³/mol. The van der Waals surface area contributed by atoms with Crippen molar-refractivity contribution in [2.75, 3.05) is 5.73 Å². The third-order valence-corrected chi connectivity index (χ3v) is 3.05. The topological polar surface area (TPSA) is 35.2 Å². The van der Waals surface area contributed by atoms with E-state index in [2.05, 4.69) is 15.9 Å². The fourth-order valence-corrected chi connectivity index (χ4v) is 1.64. The van der Waals surface area contributed by atoms with Crippen LogP contribution in [0.1, 0.15) is 19.3 Å². The number of para-hydroxylation sites is 1. The van der Waals surface area contributed by atoms with Gasteiger partial charge in [-0.3, -0.25) is 0 Å². The lowest BCUT2D eigenvalue weighted by atomic mass is 9.96. The van der Waals surface area contributed by atoms with Crippen molar-refractivity contribution in [1.82, 2.24) is 0 Å². The highest BCUT2D eigenvalue weighted by Gasteiger charge is 2.20. The molecular weight excluding hydrogens is 230 g/mol. The number of nitrogen functional groups attached to an aromatic ring is 1. The largest absolute Gasteiger partial charge is 0.488 e. The molecule has 0 atom stereocenters. The SMILES string of the molecule is Nc1c(Br)cccc1OC1CCC1. The summed E-state index contributed by atoms with van der Waals surface area (Å²) in [5.41, 5.74) is 6.54. The Labute approximate surface area is 86.2 Å². The fraction of sp³-hybridized carbons (Fsp3) is 0.400. The van der Waals surface area contributed by atoms with Crippen LogP contribution in [0.4, 0.5) is 5.69 Å². The van der Waals surface area contributed by atoms with Crippen molar-refractivity contribution in [3.05, 3.63) is 22.7 Å². The smallest absolute Gasteiger partial charge is 0.143 e. The molecule has 70 valence electrons. The predicted octanol–water partition coefficient (Wildman–Crippen LogP) is 2.96. The molecule has 2 nitrogen and oxygen atoms in total. The highest BCUT2D eigenvalue weighted by Crippen LogP contribution is 2.33. The van der Waals surface area contributed by atoms with Crippen LogP contribution in [0.25, 0.3) is 0 Å². The van der Waals surface area contributed by atoms with Gasteiger partial charge in [0.2, 0.25) is 0 Å². The maximum Gasteiger partial charge on any atom is 0.143 e. The molecule has 0 spiro atoms. The highest BCUT2D eigenvalue weighted by molar-refractivity contribution is 9.10. The van der Waals surface area contributed by atoms with E-state index >= 15 is 0 Å². The first-order chi connectivity index (χ1) is 6.27. The minimum atomic E-state index is 0.386. The monoisotopic (exact) mass is 241 g/mol. The molecule has 0 radical (unpaired) electrons. The van der Waals surface area contributed by atoms with Crippen LogP contribution in [0.2, 0.25) is 0 Å². The van der Waals surface area contributed by atoms with E-state index < -0.39 is 0 Å². The molecule has 2 rings (SSSR count). The molecule has 1 aliphatic carbocycles. The summed E-state index contributed by atoms with van der Waals surface area (Å²) >= 11 is 3.37. The zero-order chi connectivity index (χ0) is 9.26. The quantitative estimate of drug-likeness (QED) is 0.809. The van der Waals surface area contributed by atoms with Crippen molar-refractivity contribution < 1.29 is 4.74 Å². The first-order valence-electron chi connectivity index (χ1n) is 4.48. The summed E-state index contributed by atoms with van der Waals surface area (Å²) in [7, 11) is 0. The summed E-state index contributed by atoms with van der Waals surface area (Å²) in [5, 5.41) is 0. The van der Waals surface area contributed by atoms with E-state index in [0.29, 0.717) is 11.8 Å². The molecule has 0 bridgehead atoms. The number of nitrogens with two attached hydrogens (primary N) is 1. The maximum atomic E-state index is 5.84. The van der Waals surface area contributed by atoms with Gasteiger partial charge in [0.25, 0.3) is 0 Å². The van der Waals surface area contributed by atoms with Crippen LogP contribution in [-0.2, 0) is 0 Å². The maximum absolute atomic E-state index is 5.84. The van der Waals surface area contributed by atoms with E-state index in [-0.39, 0.29) is 0 Å². The summed E-state index contributed by atoms with van der Waals surface area (Å²) in [5.74, 6) is 0.805. The summed E-state index contributed by atoms with van der Waals surface area (Å²) < 4.78 is 6.61. The average Bonchev–Trinajstić information content (AvgIpc) is 2.04. The molecule has 0 amide bonds. The summed E-state index contributed by atoms with van der Waals surface area (Å²) in [6, 6.07) is 5.77. The van der Waals surface area contributed by atoms with Gasteiger partial charge in [0.1, 0.15) is 5.75 Å². The molecule has 0 aliphatic heterocycles. The number of halogens is 1. The van der Waals surface area contributed by atoms with Gasteiger partial charge in [-0.15, -0.1) is 0 Å². The Morgan fingerprint density at radius 1 is 1.38 bits per heavy atom. The van der Waals surface area contributed by atoms with E-state index in [0.717, 1.165) is 23.1 Å². The summed E-state index contributed by atoms with van der Waals surface area (Å²) in [4.78, 5) is 0. The van der Waals surface area contributed by atoms with Gasteiger partial charge in [-0.1, -0.05) is 6.07 Å². The molecule has 2 N–H and O–H groups in total. The number of hydrogen-bond acceptors (Lipinski definition) is 2. The zero-order valence-corrected chi connectivity index (χ0v) is 8.88. The van der Waals surface area contributed by atoms with Gasteiger partial charge in [-0.05, 0) is 47.3 Å². The average molecular weight is 242 g/mol. The van der Waals surface area contributed by atoms with Gasteiger partial charge in [0.15, 0.2) is 0 Å². The Bertz CT molecular complexity index is 310. The Balaban J connectivity index is 2.14. The summed E-state index contributed by atoms with van der Waals surface area (Å²) in [6.07, 6.45) is 3.98. The number of hydrogen-bond donors (Lipinski definition) is 1. The second-order valence-corrected chi connectivity index (χ2v) is 4.18. The first kappa shape index (κ1) is 8.88. The lowest BCUT2D eigenvalue weighted by Gasteiger charge is -2.27. The Hall–Kier alpha value is -0.700. The summed E-state index contributed by atoms with van der Waals surface area (Å²) in [6.45, 7) is 0. The second kappa shape index (κ2) is 3.58. The van der Waals surface area contributed by atoms with Crippen molar-refractivity contribution in [2.24, 2.45) is 0 Å². The van der Waals surface area contributed by atoms with E-state index in [1.54, 1.807) is 0 Å². The third-order valence-electron chi connectivity index (χ3n) is 2.36. The zero-order valence-electron chi connectivity index (χ0n) is 7.29. The lowest BCUT2D eigenvalue weighted by Crippen LogP contribution is -2.24. The van der Waals surface area contributed by atoms with Gasteiger partial charge in [-0.2, -0.15) is 0 Å². The van der Waals surface area contributed by atoms with E-state index in [4.69, 9.17) is 10.5 Å². The minimum absolute atomic E-state index is 0.386. The molecule has 1 aliphatic rings. The molecule has 1 fully saturated rings. The van der Waals surface area contributed by atoms with Gasteiger partial charge < -0.3 is 10.5 Å². The van der Waals surface area contributed by atoms with Gasteiger partial charge in [-0.25, -0.2) is 0 Å². The molecule has 3 heteroatoms. The molecule has 1 aromatic rings. The van der Waals surface area contributed by atoms with E-state index in [9.17, 15) is 0 Å². The molecule has 0 aromatic heterocycles. The number of benzene rings is 1. The Kier molecular flexibility index (Phi) is 2.44. The number of anilines is 1. The molecule has 0 unspecified atom stereocenters. The van der Waals surface area contributed by atoms with Crippen LogP contribution < -0.4 is 10.5 Å². The van der Waals surface area contributed by atoms with Crippen molar-refractivity contribution >= 4 is 21.6 Å². The van der Waals surface area contributed by atoms with Crippen molar-refractivity contribution in [2.45, 2.75) is 25.4 Å². The third kappa shape index (κ3) is 1.80. The van der Waals surface area contributed by atoms with Crippen molar-refractivity contribution in [1.29, 1.82) is 0 Å². The minimum Gasteiger partial charge on any atom is -0.488 e. The van der Waals surface area contributed by atoms with Crippen LogP contribution in [-0.4, -0.2) is 6.10 Å². The lowest BCUT2D eigenvalue weighted by molar-refractivity contribution is 0.121. The molecule has 0 heterocycles. The molecule has 1 saturated carbocycles. The van der Waals surface area contributed by atoms with Crippen LogP contribution >= 0.6 is 15.9 Å². The van der Waals surface area contributed by atoms with Crippen LogP contribution in [0.3, 0.4) is 0 Å². The first-order valence-corrected chi connectivity index (χ1v) is 5.27. The van der Waals surface area contributed by atoms with E-state index in [1.165, 1.54) is 6.42 Å². The fourth-order valence-electron chi connectivity index (χ4n) is 1.29. The van der Waals surface area contributed by atoms with Gasteiger partial charge in [0, 0.05) is 4.47 Å². The Morgan fingerprint density at radius 2 is 2.15 bits per heavy atom. The van der Waals surface area contributed by atoms with Gasteiger partial charge >= 0.3 is 0 Å². The van der Waals surface area contributed by atoms with Crippen molar-refractivity contribution in [3.8, 4) is 5.75 Å². The molecule has 13 heavy (non-hydrogen) atoms. The van der Waals surface area contributed by atoms with Crippen LogP contribution in [0.5, 0.6) is 5.75 Å². The highest BCUT2D eigenvalue weighted by atomic mass is 79.9. The molecule has 1 aromatic carbocycles. The van der Waals surface area contributed by atoms with E-state index in [1.807, 2.05) is 18.2 Å². The standard InChI is InChI=1S/C10H12BrNO/c11-8-5-2-6-9(10(8)12)13-7-3-1-4-7/h2,5-7H,1,3-4,12H2. The van der Waals surface area contributed by atoms with Crippen LogP contribution in [0.15, 0.2) is 22.7 Å². The number of ether oxygens (including phenoxy) is 1. The number of rotatable bonds is 2. The molecular formula is C10H12BrNO. The normalized spacial score (nSPS) is 16.7.